The third-order valence-electron chi connectivity index (χ3n) is 4.08. The zero-order valence-corrected chi connectivity index (χ0v) is 16.4. The smallest absolute Gasteiger partial charge is 0.263 e. The van der Waals surface area contributed by atoms with Crippen LogP contribution in [0.25, 0.3) is 10.2 Å². The molecule has 0 saturated heterocycles. The number of fused-ring (bicyclic) bond motifs is 1. The first-order chi connectivity index (χ1) is 12.3. The number of methoxy groups -OCH3 is 1. The van der Waals surface area contributed by atoms with Crippen LogP contribution in [0.15, 0.2) is 29.1 Å². The molecule has 2 aromatic heterocycles. The van der Waals surface area contributed by atoms with Crippen molar-refractivity contribution in [2.45, 2.75) is 26.8 Å². The van der Waals surface area contributed by atoms with Crippen molar-refractivity contribution in [2.24, 2.45) is 0 Å². The van der Waals surface area contributed by atoms with E-state index in [9.17, 15) is 9.59 Å². The maximum absolute atomic E-state index is 12.8. The second-order valence-corrected chi connectivity index (χ2v) is 7.57. The average molecular weight is 392 g/mol. The number of hydrogen-bond acceptors (Lipinski definition) is 5. The summed E-state index contributed by atoms with van der Waals surface area (Å²) in [7, 11) is 1.52. The molecule has 26 heavy (non-hydrogen) atoms. The summed E-state index contributed by atoms with van der Waals surface area (Å²) in [6, 6.07) is 6.04. The van der Waals surface area contributed by atoms with Gasteiger partial charge in [-0.2, -0.15) is 0 Å². The first-order valence-corrected chi connectivity index (χ1v) is 9.15. The fourth-order valence-corrected chi connectivity index (χ4v) is 3.95. The number of aryl methyl sites for hydroxylation is 2. The molecule has 1 unspecified atom stereocenters. The van der Waals surface area contributed by atoms with E-state index in [0.29, 0.717) is 32.5 Å². The van der Waals surface area contributed by atoms with Crippen molar-refractivity contribution < 1.29 is 9.53 Å². The van der Waals surface area contributed by atoms with Crippen molar-refractivity contribution in [1.29, 1.82) is 0 Å². The molecule has 0 aliphatic carbocycles. The summed E-state index contributed by atoms with van der Waals surface area (Å²) in [5.41, 5.74) is 0.311. The van der Waals surface area contributed by atoms with Crippen molar-refractivity contribution >= 4 is 44.7 Å². The number of hydrogen-bond donors (Lipinski definition) is 1. The van der Waals surface area contributed by atoms with Gasteiger partial charge in [0.05, 0.1) is 17.5 Å². The van der Waals surface area contributed by atoms with Gasteiger partial charge in [0.15, 0.2) is 0 Å². The molecule has 0 radical (unpaired) electrons. The van der Waals surface area contributed by atoms with E-state index in [0.717, 1.165) is 4.88 Å². The number of ether oxygens (including phenoxy) is 1. The number of halogens is 1. The van der Waals surface area contributed by atoms with Crippen LogP contribution in [0.5, 0.6) is 5.75 Å². The van der Waals surface area contributed by atoms with Crippen LogP contribution < -0.4 is 15.6 Å². The predicted molar refractivity (Wildman–Crippen MR) is 105 cm³/mol. The Morgan fingerprint density at radius 2 is 2.08 bits per heavy atom. The lowest BCUT2D eigenvalue weighted by Gasteiger charge is -2.17. The van der Waals surface area contributed by atoms with Gasteiger partial charge < -0.3 is 10.1 Å². The third kappa shape index (κ3) is 3.32. The van der Waals surface area contributed by atoms with Crippen LogP contribution in [0.4, 0.5) is 5.69 Å². The monoisotopic (exact) mass is 391 g/mol. The predicted octanol–water partition coefficient (Wildman–Crippen LogP) is 3.94. The number of aromatic nitrogens is 2. The number of thiophene rings is 1. The Balaban J connectivity index is 1.92. The number of benzene rings is 1. The van der Waals surface area contributed by atoms with E-state index >= 15 is 0 Å². The van der Waals surface area contributed by atoms with E-state index in [2.05, 4.69) is 10.3 Å². The molecule has 8 heteroatoms. The van der Waals surface area contributed by atoms with Crippen LogP contribution in [0, 0.1) is 13.8 Å². The molecule has 1 atom stereocenters. The van der Waals surface area contributed by atoms with Gasteiger partial charge in [-0.3, -0.25) is 14.2 Å². The van der Waals surface area contributed by atoms with Gasteiger partial charge in [-0.1, -0.05) is 11.6 Å². The van der Waals surface area contributed by atoms with Crippen LogP contribution in [0.2, 0.25) is 5.02 Å². The largest absolute Gasteiger partial charge is 0.495 e. The molecule has 136 valence electrons. The molecule has 0 saturated carbocycles. The maximum Gasteiger partial charge on any atom is 0.263 e. The molecule has 1 N–H and O–H groups in total. The first-order valence-electron chi connectivity index (χ1n) is 7.95. The second kappa shape index (κ2) is 7.09. The number of carbonyl (C=O) groups is 1. The van der Waals surface area contributed by atoms with Gasteiger partial charge in [-0.05, 0) is 45.0 Å². The highest BCUT2D eigenvalue weighted by atomic mass is 35.5. The van der Waals surface area contributed by atoms with Gasteiger partial charge in [-0.15, -0.1) is 11.3 Å². The summed E-state index contributed by atoms with van der Waals surface area (Å²) in [5.74, 6) is 0.691. The van der Waals surface area contributed by atoms with Gasteiger partial charge >= 0.3 is 0 Å². The Morgan fingerprint density at radius 3 is 2.73 bits per heavy atom. The van der Waals surface area contributed by atoms with Gasteiger partial charge in [0.2, 0.25) is 5.91 Å². The van der Waals surface area contributed by atoms with Gasteiger partial charge in [0.25, 0.3) is 5.56 Å². The van der Waals surface area contributed by atoms with E-state index in [1.54, 1.807) is 38.1 Å². The summed E-state index contributed by atoms with van der Waals surface area (Å²) in [6.07, 6.45) is 0. The van der Waals surface area contributed by atoms with Crippen molar-refractivity contribution in [2.75, 3.05) is 12.4 Å². The van der Waals surface area contributed by atoms with E-state index in [-0.39, 0.29) is 11.5 Å². The minimum atomic E-state index is -0.722. The summed E-state index contributed by atoms with van der Waals surface area (Å²) < 4.78 is 6.51. The molecule has 0 aliphatic heterocycles. The molecular weight excluding hydrogens is 374 g/mol. The molecule has 2 heterocycles. The number of nitrogens with zero attached hydrogens (tertiary/aromatic N) is 2. The van der Waals surface area contributed by atoms with E-state index in [4.69, 9.17) is 16.3 Å². The lowest BCUT2D eigenvalue weighted by Crippen LogP contribution is -2.33. The molecule has 0 aliphatic rings. The van der Waals surface area contributed by atoms with Crippen LogP contribution >= 0.6 is 22.9 Å². The molecule has 0 spiro atoms. The number of rotatable bonds is 4. The highest BCUT2D eigenvalue weighted by molar-refractivity contribution is 7.18. The second-order valence-electron chi connectivity index (χ2n) is 5.92. The molecule has 1 aromatic carbocycles. The zero-order valence-electron chi connectivity index (χ0n) is 14.8. The summed E-state index contributed by atoms with van der Waals surface area (Å²) in [4.78, 5) is 31.6. The first kappa shape index (κ1) is 18.4. The minimum Gasteiger partial charge on any atom is -0.495 e. The number of amides is 1. The van der Waals surface area contributed by atoms with Gasteiger partial charge in [-0.25, -0.2) is 4.98 Å². The molecule has 0 bridgehead atoms. The molecule has 6 nitrogen and oxygen atoms in total. The van der Waals surface area contributed by atoms with Crippen LogP contribution in [0.1, 0.15) is 23.7 Å². The lowest BCUT2D eigenvalue weighted by molar-refractivity contribution is -0.118. The molecule has 3 rings (SSSR count). The van der Waals surface area contributed by atoms with Gasteiger partial charge in [0, 0.05) is 10.6 Å². The summed E-state index contributed by atoms with van der Waals surface area (Å²) in [5, 5.41) is 3.70. The molecule has 1 amide bonds. The van der Waals surface area contributed by atoms with E-state index in [1.807, 2.05) is 6.92 Å². The molecular formula is C18H18ClN3O3S. The topological polar surface area (TPSA) is 73.2 Å². The number of nitrogens with one attached hydrogen (secondary N) is 1. The fraction of sp³-hybridized carbons (Fsp3) is 0.278. The van der Waals surface area contributed by atoms with E-state index < -0.39 is 6.04 Å². The van der Waals surface area contributed by atoms with E-state index in [1.165, 1.54) is 23.0 Å². The Kier molecular flexibility index (Phi) is 5.02. The van der Waals surface area contributed by atoms with Crippen LogP contribution in [-0.4, -0.2) is 22.6 Å². The Morgan fingerprint density at radius 1 is 1.35 bits per heavy atom. The maximum atomic E-state index is 12.8. The fourth-order valence-electron chi connectivity index (χ4n) is 2.78. The quantitative estimate of drug-likeness (QED) is 0.731. The standard InChI is InChI=1S/C18H18ClN3O3S/c1-9-7-13-17(26-9)20-11(3)22(18(13)24)10(2)16(23)21-12-5-6-15(25-4)14(19)8-12/h5-8,10H,1-4H3,(H,21,23). The SMILES string of the molecule is COc1ccc(NC(=O)C(C)n2c(C)nc3sc(C)cc3c2=O)cc1Cl. The Labute approximate surface area is 159 Å². The van der Waals surface area contributed by atoms with Crippen molar-refractivity contribution in [1.82, 2.24) is 9.55 Å². The number of anilines is 1. The lowest BCUT2D eigenvalue weighted by atomic mass is 10.2. The normalized spacial score (nSPS) is 12.2. The summed E-state index contributed by atoms with van der Waals surface area (Å²) in [6.45, 7) is 5.32. The van der Waals surface area contributed by atoms with Gasteiger partial charge in [0.1, 0.15) is 22.4 Å². The summed E-state index contributed by atoms with van der Waals surface area (Å²) >= 11 is 7.55. The molecule has 3 aromatic rings. The average Bonchev–Trinajstić information content (AvgIpc) is 2.95. The Bertz CT molecular complexity index is 1060. The van der Waals surface area contributed by atoms with Crippen molar-refractivity contribution in [3.63, 3.8) is 0 Å². The van der Waals surface area contributed by atoms with Crippen molar-refractivity contribution in [3.8, 4) is 5.75 Å². The highest BCUT2D eigenvalue weighted by Gasteiger charge is 2.21. The molecule has 0 fully saturated rings. The van der Waals surface area contributed by atoms with Crippen LogP contribution in [0.3, 0.4) is 0 Å². The van der Waals surface area contributed by atoms with Crippen molar-refractivity contribution in [3.05, 3.63) is 50.3 Å². The zero-order chi connectivity index (χ0) is 19.0. The Hall–Kier alpha value is -2.38. The highest BCUT2D eigenvalue weighted by Crippen LogP contribution is 2.28. The van der Waals surface area contributed by atoms with Crippen LogP contribution in [-0.2, 0) is 4.79 Å². The third-order valence-corrected chi connectivity index (χ3v) is 5.32. The minimum absolute atomic E-state index is 0.215. The number of carbonyl (C=O) groups excluding carboxylic acids is 1.